The topological polar surface area (TPSA) is 88.9 Å². The van der Waals surface area contributed by atoms with E-state index in [0.29, 0.717) is 12.1 Å². The van der Waals surface area contributed by atoms with Crippen LogP contribution in [-0.4, -0.2) is 41.5 Å². The highest BCUT2D eigenvalue weighted by Crippen LogP contribution is 2.28. The summed E-state index contributed by atoms with van der Waals surface area (Å²) in [5, 5.41) is 11.0. The second kappa shape index (κ2) is 4.80. The first-order chi connectivity index (χ1) is 8.95. The molecule has 2 aliphatic rings. The Morgan fingerprint density at radius 2 is 2.00 bits per heavy atom. The van der Waals surface area contributed by atoms with Crippen molar-refractivity contribution in [3.63, 3.8) is 0 Å². The van der Waals surface area contributed by atoms with E-state index in [4.69, 9.17) is 0 Å². The Hall–Kier alpha value is -0.510. The number of piperidine rings is 1. The van der Waals surface area contributed by atoms with Gasteiger partial charge in [-0.25, -0.2) is 17.8 Å². The monoisotopic (exact) mass is 349 g/mol. The van der Waals surface area contributed by atoms with Crippen molar-refractivity contribution in [2.45, 2.75) is 48.8 Å². The molecule has 3 heterocycles. The number of aryl methyl sites for hydroxylation is 1. The summed E-state index contributed by atoms with van der Waals surface area (Å²) in [6, 6.07) is 0.879. The molecule has 0 aliphatic carbocycles. The van der Waals surface area contributed by atoms with Crippen molar-refractivity contribution in [3.05, 3.63) is 4.60 Å². The van der Waals surface area contributed by atoms with E-state index in [1.54, 1.807) is 7.05 Å². The van der Waals surface area contributed by atoms with Crippen LogP contribution >= 0.6 is 15.9 Å². The van der Waals surface area contributed by atoms with Gasteiger partial charge in [0, 0.05) is 25.2 Å². The molecule has 1 aromatic heterocycles. The molecule has 19 heavy (non-hydrogen) atoms. The van der Waals surface area contributed by atoms with Crippen molar-refractivity contribution in [1.82, 2.24) is 25.0 Å². The van der Waals surface area contributed by atoms with Gasteiger partial charge >= 0.3 is 0 Å². The zero-order valence-corrected chi connectivity index (χ0v) is 12.9. The molecular formula is C10H16BrN5O2S. The minimum absolute atomic E-state index is 0.00875. The van der Waals surface area contributed by atoms with Gasteiger partial charge in [0.2, 0.25) is 5.03 Å². The highest BCUT2D eigenvalue weighted by atomic mass is 79.9. The lowest BCUT2D eigenvalue weighted by Crippen LogP contribution is -2.48. The lowest BCUT2D eigenvalue weighted by molar-refractivity contribution is 0.344. The summed E-state index contributed by atoms with van der Waals surface area (Å²) in [5.74, 6) is 0. The zero-order chi connectivity index (χ0) is 13.6. The van der Waals surface area contributed by atoms with Crippen LogP contribution in [-0.2, 0) is 17.1 Å². The summed E-state index contributed by atoms with van der Waals surface area (Å²) < 4.78 is 29.0. The molecule has 2 atom stereocenters. The summed E-state index contributed by atoms with van der Waals surface area (Å²) in [5.41, 5.74) is 0. The van der Waals surface area contributed by atoms with E-state index >= 15 is 0 Å². The maximum absolute atomic E-state index is 12.4. The zero-order valence-electron chi connectivity index (χ0n) is 10.5. The average Bonchev–Trinajstić information content (AvgIpc) is 2.82. The number of hydrogen-bond donors (Lipinski definition) is 2. The van der Waals surface area contributed by atoms with Crippen molar-refractivity contribution >= 4 is 26.0 Å². The molecule has 1 aromatic rings. The molecule has 0 saturated carbocycles. The number of halogens is 1. The van der Waals surface area contributed by atoms with Crippen LogP contribution in [0.2, 0.25) is 0 Å². The van der Waals surface area contributed by atoms with E-state index < -0.39 is 10.0 Å². The van der Waals surface area contributed by atoms with Crippen LogP contribution in [0.4, 0.5) is 0 Å². The standard InChI is InChI=1S/C10H16BrN5O2S/c1-16-10(9(11)13-15-16)19(17,18)14-8-4-6-2-3-7(5-8)12-6/h6-8,12,14H,2-5H2,1H3. The predicted molar refractivity (Wildman–Crippen MR) is 72.0 cm³/mol. The summed E-state index contributed by atoms with van der Waals surface area (Å²) >= 11 is 3.13. The van der Waals surface area contributed by atoms with Crippen molar-refractivity contribution in [2.75, 3.05) is 0 Å². The maximum Gasteiger partial charge on any atom is 0.260 e. The third-order valence-electron chi connectivity index (χ3n) is 3.79. The lowest BCUT2D eigenvalue weighted by Gasteiger charge is -2.29. The van der Waals surface area contributed by atoms with Gasteiger partial charge in [0.15, 0.2) is 4.60 Å². The lowest BCUT2D eigenvalue weighted by atomic mass is 10.0. The number of rotatable bonds is 3. The van der Waals surface area contributed by atoms with E-state index in [-0.39, 0.29) is 15.7 Å². The molecule has 9 heteroatoms. The van der Waals surface area contributed by atoms with Gasteiger partial charge in [-0.2, -0.15) is 0 Å². The molecule has 0 amide bonds. The van der Waals surface area contributed by atoms with Crippen molar-refractivity contribution < 1.29 is 8.42 Å². The fourth-order valence-corrected chi connectivity index (χ4v) is 5.39. The predicted octanol–water partition coefficient (Wildman–Crippen LogP) is 0.139. The Morgan fingerprint density at radius 3 is 2.53 bits per heavy atom. The first-order valence-electron chi connectivity index (χ1n) is 6.29. The van der Waals surface area contributed by atoms with E-state index in [2.05, 4.69) is 36.3 Å². The van der Waals surface area contributed by atoms with Gasteiger partial charge in [0.25, 0.3) is 10.0 Å². The Kier molecular flexibility index (Phi) is 3.40. The molecular weight excluding hydrogens is 334 g/mol. The largest absolute Gasteiger partial charge is 0.311 e. The van der Waals surface area contributed by atoms with Crippen LogP contribution in [0.3, 0.4) is 0 Å². The third kappa shape index (κ3) is 2.56. The number of nitrogens with zero attached hydrogens (tertiary/aromatic N) is 3. The third-order valence-corrected chi connectivity index (χ3v) is 6.19. The molecule has 2 fully saturated rings. The molecule has 0 aromatic carbocycles. The Bertz CT molecular complexity index is 555. The first-order valence-corrected chi connectivity index (χ1v) is 8.57. The van der Waals surface area contributed by atoms with E-state index in [1.165, 1.54) is 4.68 Å². The highest BCUT2D eigenvalue weighted by molar-refractivity contribution is 9.10. The summed E-state index contributed by atoms with van der Waals surface area (Å²) in [7, 11) is -2.02. The van der Waals surface area contributed by atoms with Gasteiger partial charge < -0.3 is 5.32 Å². The molecule has 2 bridgehead atoms. The fraction of sp³-hybridized carbons (Fsp3) is 0.800. The highest BCUT2D eigenvalue weighted by Gasteiger charge is 2.36. The molecule has 2 saturated heterocycles. The molecule has 0 radical (unpaired) electrons. The maximum atomic E-state index is 12.4. The van der Waals surface area contributed by atoms with Crippen molar-refractivity contribution in [3.8, 4) is 0 Å². The van der Waals surface area contributed by atoms with E-state index in [0.717, 1.165) is 25.7 Å². The van der Waals surface area contributed by atoms with Gasteiger partial charge in [-0.05, 0) is 41.6 Å². The van der Waals surface area contributed by atoms with E-state index in [9.17, 15) is 8.42 Å². The van der Waals surface area contributed by atoms with Crippen molar-refractivity contribution in [1.29, 1.82) is 0 Å². The Morgan fingerprint density at radius 1 is 1.37 bits per heavy atom. The minimum Gasteiger partial charge on any atom is -0.311 e. The average molecular weight is 350 g/mol. The molecule has 2 N–H and O–H groups in total. The van der Waals surface area contributed by atoms with Crippen LogP contribution in [0.25, 0.3) is 0 Å². The van der Waals surface area contributed by atoms with E-state index in [1.807, 2.05) is 0 Å². The molecule has 2 aliphatic heterocycles. The van der Waals surface area contributed by atoms with Crippen LogP contribution in [0.5, 0.6) is 0 Å². The second-order valence-electron chi connectivity index (χ2n) is 5.24. The summed E-state index contributed by atoms with van der Waals surface area (Å²) in [4.78, 5) is 0. The molecule has 3 rings (SSSR count). The van der Waals surface area contributed by atoms with Crippen molar-refractivity contribution in [2.24, 2.45) is 7.05 Å². The van der Waals surface area contributed by atoms with Gasteiger partial charge in [-0.3, -0.25) is 0 Å². The normalized spacial score (nSPS) is 30.7. The van der Waals surface area contributed by atoms with Gasteiger partial charge in [0.1, 0.15) is 0 Å². The smallest absolute Gasteiger partial charge is 0.260 e. The Labute approximate surface area is 120 Å². The van der Waals surface area contributed by atoms with Crippen LogP contribution < -0.4 is 10.0 Å². The number of aromatic nitrogens is 3. The summed E-state index contributed by atoms with van der Waals surface area (Å²) in [6.45, 7) is 0. The molecule has 106 valence electrons. The number of hydrogen-bond acceptors (Lipinski definition) is 5. The van der Waals surface area contributed by atoms with Crippen LogP contribution in [0.15, 0.2) is 9.63 Å². The van der Waals surface area contributed by atoms with Gasteiger partial charge in [-0.15, -0.1) is 5.10 Å². The number of nitrogens with one attached hydrogen (secondary N) is 2. The Balaban J connectivity index is 1.79. The van der Waals surface area contributed by atoms with Gasteiger partial charge in [-0.1, -0.05) is 5.21 Å². The van der Waals surface area contributed by atoms with Crippen LogP contribution in [0, 0.1) is 0 Å². The number of sulfonamides is 1. The molecule has 7 nitrogen and oxygen atoms in total. The number of fused-ring (bicyclic) bond motifs is 2. The minimum atomic E-state index is -3.58. The van der Waals surface area contributed by atoms with Gasteiger partial charge in [0.05, 0.1) is 0 Å². The molecule has 0 spiro atoms. The SMILES string of the molecule is Cn1nnc(Br)c1S(=O)(=O)NC1CC2CCC(C1)N2. The summed E-state index contributed by atoms with van der Waals surface area (Å²) in [6.07, 6.45) is 3.97. The van der Waals surface area contributed by atoms with Crippen LogP contribution in [0.1, 0.15) is 25.7 Å². The fourth-order valence-electron chi connectivity index (χ4n) is 3.04. The second-order valence-corrected chi connectivity index (χ2v) is 7.62. The molecule has 2 unspecified atom stereocenters. The quantitative estimate of drug-likeness (QED) is 0.810. The first kappa shape index (κ1) is 13.5.